The van der Waals surface area contributed by atoms with Gasteiger partial charge < -0.3 is 9.64 Å². The van der Waals surface area contributed by atoms with E-state index in [1.807, 2.05) is 20.9 Å². The Morgan fingerprint density at radius 1 is 1.29 bits per heavy atom. The monoisotopic (exact) mass is 335 g/mol. The van der Waals surface area contributed by atoms with Gasteiger partial charge in [0.2, 0.25) is 0 Å². The fourth-order valence-corrected chi connectivity index (χ4v) is 3.15. The number of carbonyl (C=O) groups is 1. The van der Waals surface area contributed by atoms with Crippen molar-refractivity contribution in [2.45, 2.75) is 19.9 Å². The second-order valence-corrected chi connectivity index (χ2v) is 5.93. The average Bonchev–Trinajstić information content (AvgIpc) is 2.82. The van der Waals surface area contributed by atoms with E-state index in [4.69, 9.17) is 4.74 Å². The summed E-state index contributed by atoms with van der Waals surface area (Å²) in [6.45, 7) is 4.96. The van der Waals surface area contributed by atoms with Crippen LogP contribution in [0, 0.1) is 25.5 Å². The third-order valence-corrected chi connectivity index (χ3v) is 4.45. The number of carbonyl (C=O) groups excluding carboxylic acids is 1. The van der Waals surface area contributed by atoms with Gasteiger partial charge in [-0.1, -0.05) is 0 Å². The van der Waals surface area contributed by atoms with Gasteiger partial charge in [-0.25, -0.2) is 8.78 Å². The highest BCUT2D eigenvalue weighted by atomic mass is 19.2. The summed E-state index contributed by atoms with van der Waals surface area (Å²) in [6.07, 6.45) is 0. The number of morpholine rings is 1. The molecule has 1 saturated heterocycles. The molecule has 0 spiro atoms. The second kappa shape index (κ2) is 6.32. The van der Waals surface area contributed by atoms with Crippen LogP contribution in [-0.2, 0) is 11.8 Å². The van der Waals surface area contributed by atoms with Gasteiger partial charge in [0.25, 0.3) is 5.91 Å². The fourth-order valence-electron chi connectivity index (χ4n) is 3.15. The van der Waals surface area contributed by atoms with Crippen molar-refractivity contribution in [3.05, 3.63) is 52.3 Å². The van der Waals surface area contributed by atoms with Crippen molar-refractivity contribution < 1.29 is 18.3 Å². The minimum Gasteiger partial charge on any atom is -0.377 e. The van der Waals surface area contributed by atoms with E-state index in [2.05, 4.69) is 5.10 Å². The van der Waals surface area contributed by atoms with Gasteiger partial charge in [-0.15, -0.1) is 0 Å². The third kappa shape index (κ3) is 2.80. The van der Waals surface area contributed by atoms with E-state index >= 15 is 0 Å². The van der Waals surface area contributed by atoms with Crippen molar-refractivity contribution in [2.24, 2.45) is 7.05 Å². The molecule has 0 aliphatic carbocycles. The number of ether oxygens (including phenoxy) is 1. The number of hydrogen-bond acceptors (Lipinski definition) is 3. The molecule has 1 aliphatic heterocycles. The topological polar surface area (TPSA) is 47.4 Å². The maximum Gasteiger partial charge on any atom is 0.254 e. The molecular weight excluding hydrogens is 316 g/mol. The van der Waals surface area contributed by atoms with Crippen LogP contribution in [0.15, 0.2) is 18.2 Å². The van der Waals surface area contributed by atoms with E-state index in [9.17, 15) is 13.6 Å². The second-order valence-electron chi connectivity index (χ2n) is 5.93. The molecule has 0 unspecified atom stereocenters. The standard InChI is InChI=1S/C17H19F2N3O2/c1-10-16(11(2)21(3)20-10)15-9-24-7-6-22(15)17(23)12-4-5-13(18)14(19)8-12/h4-5,8,15H,6-7,9H2,1-3H3/t15-/m1/s1. The van der Waals surface area contributed by atoms with Crippen molar-refractivity contribution in [2.75, 3.05) is 19.8 Å². The number of rotatable bonds is 2. The lowest BCUT2D eigenvalue weighted by Gasteiger charge is -2.36. The quantitative estimate of drug-likeness (QED) is 0.847. The summed E-state index contributed by atoms with van der Waals surface area (Å²) < 4.78 is 33.9. The maximum atomic E-state index is 13.5. The van der Waals surface area contributed by atoms with Gasteiger partial charge in [-0.05, 0) is 32.0 Å². The lowest BCUT2D eigenvalue weighted by atomic mass is 10.0. The number of amides is 1. The Labute approximate surface area is 138 Å². The Kier molecular flexibility index (Phi) is 4.36. The van der Waals surface area contributed by atoms with Gasteiger partial charge in [-0.2, -0.15) is 5.10 Å². The lowest BCUT2D eigenvalue weighted by molar-refractivity contribution is -0.00307. The van der Waals surface area contributed by atoms with Gasteiger partial charge in [-0.3, -0.25) is 9.48 Å². The van der Waals surface area contributed by atoms with Crippen molar-refractivity contribution >= 4 is 5.91 Å². The van der Waals surface area contributed by atoms with Crippen LogP contribution in [0.3, 0.4) is 0 Å². The van der Waals surface area contributed by atoms with Crippen LogP contribution in [0.1, 0.15) is 33.4 Å². The third-order valence-electron chi connectivity index (χ3n) is 4.45. The molecular formula is C17H19F2N3O2. The van der Waals surface area contributed by atoms with Crippen molar-refractivity contribution in [3.63, 3.8) is 0 Å². The molecule has 2 aromatic rings. The van der Waals surface area contributed by atoms with Gasteiger partial charge in [0.1, 0.15) is 0 Å². The number of nitrogens with zero attached hydrogens (tertiary/aromatic N) is 3. The van der Waals surface area contributed by atoms with Crippen LogP contribution in [0.5, 0.6) is 0 Å². The highest BCUT2D eigenvalue weighted by molar-refractivity contribution is 5.94. The predicted octanol–water partition coefficient (Wildman–Crippen LogP) is 2.53. The van der Waals surface area contributed by atoms with Gasteiger partial charge in [0, 0.05) is 30.4 Å². The molecule has 0 N–H and O–H groups in total. The fraction of sp³-hybridized carbons (Fsp3) is 0.412. The van der Waals surface area contributed by atoms with Crippen LogP contribution >= 0.6 is 0 Å². The highest BCUT2D eigenvalue weighted by Gasteiger charge is 2.33. The van der Waals surface area contributed by atoms with E-state index < -0.39 is 11.6 Å². The minimum atomic E-state index is -1.03. The minimum absolute atomic E-state index is 0.125. The number of hydrogen-bond donors (Lipinski definition) is 0. The number of benzene rings is 1. The Balaban J connectivity index is 1.97. The zero-order valence-corrected chi connectivity index (χ0v) is 13.8. The molecule has 5 nitrogen and oxygen atoms in total. The molecule has 0 bridgehead atoms. The summed E-state index contributed by atoms with van der Waals surface area (Å²) in [4.78, 5) is 14.5. The van der Waals surface area contributed by atoms with E-state index in [0.29, 0.717) is 19.8 Å². The first kappa shape index (κ1) is 16.6. The first-order chi connectivity index (χ1) is 11.4. The Morgan fingerprint density at radius 2 is 2.04 bits per heavy atom. The summed E-state index contributed by atoms with van der Waals surface area (Å²) in [5.74, 6) is -2.34. The molecule has 1 fully saturated rings. The maximum absolute atomic E-state index is 13.5. The van der Waals surface area contributed by atoms with E-state index in [-0.39, 0.29) is 17.5 Å². The van der Waals surface area contributed by atoms with E-state index in [0.717, 1.165) is 29.1 Å². The summed E-state index contributed by atoms with van der Waals surface area (Å²) in [7, 11) is 1.84. The van der Waals surface area contributed by atoms with E-state index in [1.54, 1.807) is 9.58 Å². The molecule has 0 saturated carbocycles. The Hall–Kier alpha value is -2.28. The van der Waals surface area contributed by atoms with Crippen LogP contribution < -0.4 is 0 Å². The molecule has 7 heteroatoms. The summed E-state index contributed by atoms with van der Waals surface area (Å²) in [6, 6.07) is 2.91. The van der Waals surface area contributed by atoms with Crippen LogP contribution in [0.4, 0.5) is 8.78 Å². The largest absolute Gasteiger partial charge is 0.377 e. The predicted molar refractivity (Wildman–Crippen MR) is 83.6 cm³/mol. The molecule has 24 heavy (non-hydrogen) atoms. The van der Waals surface area contributed by atoms with Gasteiger partial charge >= 0.3 is 0 Å². The normalized spacial score (nSPS) is 18.0. The van der Waals surface area contributed by atoms with Gasteiger partial charge in [0.15, 0.2) is 11.6 Å². The zero-order valence-electron chi connectivity index (χ0n) is 13.8. The van der Waals surface area contributed by atoms with Gasteiger partial charge in [0.05, 0.1) is 24.9 Å². The summed E-state index contributed by atoms with van der Waals surface area (Å²) >= 11 is 0. The summed E-state index contributed by atoms with van der Waals surface area (Å²) in [5.41, 5.74) is 2.84. The zero-order chi connectivity index (χ0) is 17.4. The lowest BCUT2D eigenvalue weighted by Crippen LogP contribution is -2.43. The summed E-state index contributed by atoms with van der Waals surface area (Å²) in [5, 5.41) is 4.39. The van der Waals surface area contributed by atoms with E-state index in [1.165, 1.54) is 6.07 Å². The molecule has 1 amide bonds. The molecule has 128 valence electrons. The first-order valence-electron chi connectivity index (χ1n) is 7.74. The highest BCUT2D eigenvalue weighted by Crippen LogP contribution is 2.30. The Bertz CT molecular complexity index is 788. The first-order valence-corrected chi connectivity index (χ1v) is 7.74. The van der Waals surface area contributed by atoms with Crippen LogP contribution in [0.2, 0.25) is 0 Å². The molecule has 1 aliphatic rings. The number of aryl methyl sites for hydroxylation is 2. The molecule has 1 aromatic heterocycles. The van der Waals surface area contributed by atoms with Crippen molar-refractivity contribution in [1.29, 1.82) is 0 Å². The molecule has 3 rings (SSSR count). The average molecular weight is 335 g/mol. The molecule has 1 atom stereocenters. The number of aromatic nitrogens is 2. The van der Waals surface area contributed by atoms with Crippen LogP contribution in [0.25, 0.3) is 0 Å². The van der Waals surface area contributed by atoms with Crippen molar-refractivity contribution in [1.82, 2.24) is 14.7 Å². The molecule has 1 aromatic carbocycles. The SMILES string of the molecule is Cc1nn(C)c(C)c1[C@H]1COCCN1C(=O)c1ccc(F)c(F)c1. The Morgan fingerprint density at radius 3 is 2.67 bits per heavy atom. The van der Waals surface area contributed by atoms with Crippen LogP contribution in [-0.4, -0.2) is 40.3 Å². The molecule has 0 radical (unpaired) electrons. The molecule has 2 heterocycles. The van der Waals surface area contributed by atoms with Crippen molar-refractivity contribution in [3.8, 4) is 0 Å². The number of halogens is 2. The smallest absolute Gasteiger partial charge is 0.254 e.